The van der Waals surface area contributed by atoms with Crippen LogP contribution in [0.3, 0.4) is 0 Å². The van der Waals surface area contributed by atoms with Gasteiger partial charge in [0.15, 0.2) is 0 Å². The minimum Gasteiger partial charge on any atom is -0.271 e. The SMILES string of the molecule is CSCC(NN)c1ccc(Cl)cc1. The average Bonchev–Trinajstić information content (AvgIpc) is 2.16. The molecule has 1 atom stereocenters. The van der Waals surface area contributed by atoms with Crippen molar-refractivity contribution in [1.82, 2.24) is 5.43 Å². The van der Waals surface area contributed by atoms with Gasteiger partial charge in [-0.25, -0.2) is 0 Å². The number of halogens is 1. The number of thioether (sulfide) groups is 1. The molecular weight excluding hydrogens is 204 g/mol. The van der Waals surface area contributed by atoms with Gasteiger partial charge >= 0.3 is 0 Å². The van der Waals surface area contributed by atoms with E-state index in [1.54, 1.807) is 11.8 Å². The molecule has 13 heavy (non-hydrogen) atoms. The molecule has 1 unspecified atom stereocenters. The first-order valence-electron chi connectivity index (χ1n) is 3.98. The lowest BCUT2D eigenvalue weighted by Crippen LogP contribution is -2.29. The van der Waals surface area contributed by atoms with Gasteiger partial charge in [-0.2, -0.15) is 11.8 Å². The summed E-state index contributed by atoms with van der Waals surface area (Å²) < 4.78 is 0. The molecule has 1 aromatic rings. The smallest absolute Gasteiger partial charge is 0.0550 e. The van der Waals surface area contributed by atoms with Crippen LogP contribution in [0.15, 0.2) is 24.3 Å². The Morgan fingerprint density at radius 2 is 2.08 bits per heavy atom. The van der Waals surface area contributed by atoms with Crippen LogP contribution in [0.25, 0.3) is 0 Å². The zero-order chi connectivity index (χ0) is 9.68. The highest BCUT2D eigenvalue weighted by Crippen LogP contribution is 2.18. The van der Waals surface area contributed by atoms with Crippen molar-refractivity contribution in [1.29, 1.82) is 0 Å². The Hall–Kier alpha value is -0.220. The summed E-state index contributed by atoms with van der Waals surface area (Å²) in [6.45, 7) is 0. The van der Waals surface area contributed by atoms with E-state index in [2.05, 4.69) is 11.7 Å². The van der Waals surface area contributed by atoms with E-state index >= 15 is 0 Å². The first kappa shape index (κ1) is 10.9. The van der Waals surface area contributed by atoms with Crippen LogP contribution in [0, 0.1) is 0 Å². The molecule has 0 saturated heterocycles. The van der Waals surface area contributed by atoms with E-state index in [1.165, 1.54) is 5.56 Å². The van der Waals surface area contributed by atoms with E-state index < -0.39 is 0 Å². The van der Waals surface area contributed by atoms with Crippen LogP contribution >= 0.6 is 23.4 Å². The third-order valence-electron chi connectivity index (χ3n) is 1.81. The highest BCUT2D eigenvalue weighted by molar-refractivity contribution is 7.98. The fraction of sp³-hybridized carbons (Fsp3) is 0.333. The van der Waals surface area contributed by atoms with E-state index in [4.69, 9.17) is 17.4 Å². The van der Waals surface area contributed by atoms with E-state index in [0.717, 1.165) is 10.8 Å². The average molecular weight is 217 g/mol. The third kappa shape index (κ3) is 3.19. The summed E-state index contributed by atoms with van der Waals surface area (Å²) in [7, 11) is 0. The van der Waals surface area contributed by atoms with Gasteiger partial charge in [-0.15, -0.1) is 0 Å². The highest BCUT2D eigenvalue weighted by Gasteiger charge is 2.07. The van der Waals surface area contributed by atoms with Crippen molar-refractivity contribution in [3.05, 3.63) is 34.9 Å². The summed E-state index contributed by atoms with van der Waals surface area (Å²) in [5.41, 5.74) is 3.94. The number of hydrazine groups is 1. The number of benzene rings is 1. The fourth-order valence-electron chi connectivity index (χ4n) is 1.10. The second-order valence-electron chi connectivity index (χ2n) is 2.73. The van der Waals surface area contributed by atoms with Gasteiger partial charge in [0, 0.05) is 10.8 Å². The molecule has 0 radical (unpaired) electrons. The van der Waals surface area contributed by atoms with E-state index in [-0.39, 0.29) is 6.04 Å². The minimum absolute atomic E-state index is 0.201. The van der Waals surface area contributed by atoms with Gasteiger partial charge in [0.2, 0.25) is 0 Å². The molecule has 0 saturated carbocycles. The van der Waals surface area contributed by atoms with Gasteiger partial charge in [0.25, 0.3) is 0 Å². The van der Waals surface area contributed by atoms with Gasteiger partial charge in [-0.3, -0.25) is 11.3 Å². The van der Waals surface area contributed by atoms with Gasteiger partial charge in [-0.1, -0.05) is 23.7 Å². The first-order chi connectivity index (χ1) is 6.27. The van der Waals surface area contributed by atoms with Crippen molar-refractivity contribution >= 4 is 23.4 Å². The molecule has 0 aromatic heterocycles. The lowest BCUT2D eigenvalue weighted by molar-refractivity contribution is 0.611. The molecule has 72 valence electrons. The van der Waals surface area contributed by atoms with Crippen LogP contribution in [0.2, 0.25) is 5.02 Å². The fourth-order valence-corrected chi connectivity index (χ4v) is 1.85. The van der Waals surface area contributed by atoms with Gasteiger partial charge in [-0.05, 0) is 24.0 Å². The van der Waals surface area contributed by atoms with E-state index in [1.807, 2.05) is 24.3 Å². The molecule has 1 aromatic carbocycles. The maximum atomic E-state index is 5.78. The molecule has 0 bridgehead atoms. The molecular formula is C9H13ClN2S. The number of hydrogen-bond acceptors (Lipinski definition) is 3. The van der Waals surface area contributed by atoms with Crippen LogP contribution in [0.1, 0.15) is 11.6 Å². The quantitative estimate of drug-likeness (QED) is 0.599. The Morgan fingerprint density at radius 3 is 2.54 bits per heavy atom. The Kier molecular flexibility index (Phi) is 4.59. The molecule has 0 aliphatic carbocycles. The summed E-state index contributed by atoms with van der Waals surface area (Å²) in [5, 5.41) is 0.753. The maximum Gasteiger partial charge on any atom is 0.0550 e. The molecule has 4 heteroatoms. The Labute approximate surface area is 87.8 Å². The summed E-state index contributed by atoms with van der Waals surface area (Å²) in [6, 6.07) is 7.93. The molecule has 0 aliphatic rings. The predicted molar refractivity (Wildman–Crippen MR) is 59.9 cm³/mol. The number of nitrogens with two attached hydrogens (primary N) is 1. The van der Waals surface area contributed by atoms with Crippen molar-refractivity contribution in [3.8, 4) is 0 Å². The zero-order valence-corrected chi connectivity index (χ0v) is 9.03. The summed E-state index contributed by atoms with van der Waals surface area (Å²) in [5.74, 6) is 6.39. The molecule has 0 aliphatic heterocycles. The molecule has 1 rings (SSSR count). The summed E-state index contributed by atoms with van der Waals surface area (Å²) in [4.78, 5) is 0. The standard InChI is InChI=1S/C9H13ClN2S/c1-13-6-9(12-11)7-2-4-8(10)5-3-7/h2-5,9,12H,6,11H2,1H3. The summed E-state index contributed by atoms with van der Waals surface area (Å²) in [6.07, 6.45) is 2.06. The van der Waals surface area contributed by atoms with Crippen LogP contribution in [-0.2, 0) is 0 Å². The summed E-state index contributed by atoms with van der Waals surface area (Å²) >= 11 is 7.54. The van der Waals surface area contributed by atoms with Crippen molar-refractivity contribution in [2.24, 2.45) is 5.84 Å². The monoisotopic (exact) mass is 216 g/mol. The Morgan fingerprint density at radius 1 is 1.46 bits per heavy atom. The second-order valence-corrected chi connectivity index (χ2v) is 4.07. The molecule has 3 N–H and O–H groups in total. The van der Waals surface area contributed by atoms with Gasteiger partial charge in [0.05, 0.1) is 6.04 Å². The first-order valence-corrected chi connectivity index (χ1v) is 5.75. The van der Waals surface area contributed by atoms with E-state index in [9.17, 15) is 0 Å². The largest absolute Gasteiger partial charge is 0.271 e. The molecule has 0 heterocycles. The van der Waals surface area contributed by atoms with Crippen molar-refractivity contribution in [3.63, 3.8) is 0 Å². The van der Waals surface area contributed by atoms with Gasteiger partial charge in [0.1, 0.15) is 0 Å². The Balaban J connectivity index is 2.73. The van der Waals surface area contributed by atoms with E-state index in [0.29, 0.717) is 0 Å². The maximum absolute atomic E-state index is 5.78. The molecule has 0 amide bonds. The van der Waals surface area contributed by atoms with Crippen molar-refractivity contribution in [2.45, 2.75) is 6.04 Å². The highest BCUT2D eigenvalue weighted by atomic mass is 35.5. The molecule has 0 fully saturated rings. The lowest BCUT2D eigenvalue weighted by Gasteiger charge is -2.14. The van der Waals surface area contributed by atoms with Crippen LogP contribution in [0.5, 0.6) is 0 Å². The third-order valence-corrected chi connectivity index (χ3v) is 2.73. The number of nitrogens with one attached hydrogen (secondary N) is 1. The van der Waals surface area contributed by atoms with Crippen LogP contribution in [-0.4, -0.2) is 12.0 Å². The molecule has 2 nitrogen and oxygen atoms in total. The lowest BCUT2D eigenvalue weighted by atomic mass is 10.1. The topological polar surface area (TPSA) is 38.0 Å². The number of hydrogen-bond donors (Lipinski definition) is 2. The molecule has 0 spiro atoms. The van der Waals surface area contributed by atoms with Gasteiger partial charge < -0.3 is 0 Å². The minimum atomic E-state index is 0.201. The van der Waals surface area contributed by atoms with Crippen molar-refractivity contribution in [2.75, 3.05) is 12.0 Å². The van der Waals surface area contributed by atoms with Crippen molar-refractivity contribution < 1.29 is 0 Å². The normalized spacial score (nSPS) is 12.8. The second kappa shape index (κ2) is 5.50. The Bertz CT molecular complexity index is 250. The zero-order valence-electron chi connectivity index (χ0n) is 7.46. The van der Waals surface area contributed by atoms with Crippen LogP contribution < -0.4 is 11.3 Å². The number of rotatable bonds is 4. The van der Waals surface area contributed by atoms with Crippen LogP contribution in [0.4, 0.5) is 0 Å². The predicted octanol–water partition coefficient (Wildman–Crippen LogP) is 2.21.